The number of piperidine rings is 1. The van der Waals surface area contributed by atoms with E-state index in [-0.39, 0.29) is 11.8 Å². The molecular weight excluding hydrogens is 228 g/mol. The predicted molar refractivity (Wildman–Crippen MR) is 69.8 cm³/mol. The van der Waals surface area contributed by atoms with Gasteiger partial charge < -0.3 is 14.8 Å². The molecular formula is C13H22N4O. The Kier molecular flexibility index (Phi) is 4.01. The van der Waals surface area contributed by atoms with Gasteiger partial charge in [0.15, 0.2) is 0 Å². The summed E-state index contributed by atoms with van der Waals surface area (Å²) in [6.07, 6.45) is 4.65. The van der Waals surface area contributed by atoms with E-state index in [1.807, 2.05) is 24.9 Å². The largest absolute Gasteiger partial charge is 0.338 e. The number of hydrogen-bond acceptors (Lipinski definition) is 3. The Labute approximate surface area is 108 Å². The molecule has 1 amide bonds. The number of imidazole rings is 1. The second-order valence-electron chi connectivity index (χ2n) is 5.34. The lowest BCUT2D eigenvalue weighted by Crippen LogP contribution is -2.44. The van der Waals surface area contributed by atoms with Crippen molar-refractivity contribution in [2.45, 2.75) is 19.9 Å². The van der Waals surface area contributed by atoms with Gasteiger partial charge in [0.05, 0.1) is 12.5 Å². The molecule has 1 aromatic heterocycles. The molecule has 0 radical (unpaired) electrons. The van der Waals surface area contributed by atoms with Gasteiger partial charge in [-0.2, -0.15) is 0 Å². The van der Waals surface area contributed by atoms with E-state index >= 15 is 0 Å². The van der Waals surface area contributed by atoms with Crippen molar-refractivity contribution >= 4 is 5.91 Å². The first-order chi connectivity index (χ1) is 8.58. The smallest absolute Gasteiger partial charge is 0.227 e. The molecule has 1 aliphatic rings. The molecule has 1 N–H and O–H groups in total. The molecule has 0 bridgehead atoms. The van der Waals surface area contributed by atoms with E-state index in [0.717, 1.165) is 25.3 Å². The number of nitrogens with zero attached hydrogens (tertiary/aromatic N) is 3. The summed E-state index contributed by atoms with van der Waals surface area (Å²) in [6.45, 7) is 4.58. The van der Waals surface area contributed by atoms with Crippen molar-refractivity contribution in [3.05, 3.63) is 18.2 Å². The van der Waals surface area contributed by atoms with Gasteiger partial charge in [-0.3, -0.25) is 4.79 Å². The minimum atomic E-state index is 0.110. The van der Waals surface area contributed by atoms with Crippen LogP contribution < -0.4 is 5.32 Å². The van der Waals surface area contributed by atoms with Crippen molar-refractivity contribution in [3.63, 3.8) is 0 Å². The fourth-order valence-corrected chi connectivity index (χ4v) is 2.50. The summed E-state index contributed by atoms with van der Waals surface area (Å²) in [6, 6.07) is 0. The fraction of sp³-hybridized carbons (Fsp3) is 0.692. The van der Waals surface area contributed by atoms with Gasteiger partial charge >= 0.3 is 0 Å². The lowest BCUT2D eigenvalue weighted by molar-refractivity contribution is -0.135. The second-order valence-corrected chi connectivity index (χ2v) is 5.34. The van der Waals surface area contributed by atoms with Crippen molar-refractivity contribution in [2.75, 3.05) is 20.1 Å². The molecule has 18 heavy (non-hydrogen) atoms. The SMILES string of the molecule is CC1CNCC(C(=O)N(C)Cc2nccn2C)C1. The Morgan fingerprint density at radius 2 is 2.39 bits per heavy atom. The maximum absolute atomic E-state index is 12.3. The van der Waals surface area contributed by atoms with Gasteiger partial charge in [0.25, 0.3) is 0 Å². The third-order valence-corrected chi connectivity index (χ3v) is 3.60. The first-order valence-electron chi connectivity index (χ1n) is 6.50. The van der Waals surface area contributed by atoms with Crippen molar-refractivity contribution in [2.24, 2.45) is 18.9 Å². The lowest BCUT2D eigenvalue weighted by atomic mass is 9.91. The average Bonchev–Trinajstić information content (AvgIpc) is 2.74. The van der Waals surface area contributed by atoms with E-state index < -0.39 is 0 Å². The maximum atomic E-state index is 12.3. The summed E-state index contributed by atoms with van der Waals surface area (Å²) in [5, 5.41) is 3.32. The van der Waals surface area contributed by atoms with Crippen LogP contribution in [0.1, 0.15) is 19.2 Å². The number of hydrogen-bond donors (Lipinski definition) is 1. The molecule has 0 spiro atoms. The number of aromatic nitrogens is 2. The molecule has 0 aromatic carbocycles. The molecule has 1 saturated heterocycles. The van der Waals surface area contributed by atoms with E-state index in [9.17, 15) is 4.79 Å². The van der Waals surface area contributed by atoms with Gasteiger partial charge in [-0.1, -0.05) is 6.92 Å². The molecule has 2 unspecified atom stereocenters. The molecule has 1 aromatic rings. The molecule has 0 saturated carbocycles. The Morgan fingerprint density at radius 3 is 3.00 bits per heavy atom. The van der Waals surface area contributed by atoms with E-state index in [0.29, 0.717) is 12.5 Å². The second kappa shape index (κ2) is 5.52. The Bertz CT molecular complexity index is 415. The first kappa shape index (κ1) is 13.1. The maximum Gasteiger partial charge on any atom is 0.227 e. The molecule has 5 heteroatoms. The normalized spacial score (nSPS) is 23.9. The highest BCUT2D eigenvalue weighted by molar-refractivity contribution is 5.78. The molecule has 100 valence electrons. The van der Waals surface area contributed by atoms with E-state index in [1.165, 1.54) is 0 Å². The van der Waals surface area contributed by atoms with E-state index in [2.05, 4.69) is 17.2 Å². The quantitative estimate of drug-likeness (QED) is 0.856. The highest BCUT2D eigenvalue weighted by Gasteiger charge is 2.27. The molecule has 1 aliphatic heterocycles. The monoisotopic (exact) mass is 250 g/mol. The molecule has 2 atom stereocenters. The van der Waals surface area contributed by atoms with Crippen molar-refractivity contribution in [1.29, 1.82) is 0 Å². The number of nitrogens with one attached hydrogen (secondary N) is 1. The standard InChI is InChI=1S/C13H22N4O/c1-10-6-11(8-14-7-10)13(18)17(3)9-12-15-4-5-16(12)2/h4-5,10-11,14H,6-9H2,1-3H3. The number of carbonyl (C=O) groups excluding carboxylic acids is 1. The average molecular weight is 250 g/mol. The van der Waals surface area contributed by atoms with Crippen LogP contribution in [0, 0.1) is 11.8 Å². The van der Waals surface area contributed by atoms with Crippen LogP contribution in [-0.4, -0.2) is 40.5 Å². The topological polar surface area (TPSA) is 50.2 Å². The van der Waals surface area contributed by atoms with Crippen LogP contribution in [0.4, 0.5) is 0 Å². The molecule has 2 rings (SSSR count). The Hall–Kier alpha value is -1.36. The van der Waals surface area contributed by atoms with Gasteiger partial charge in [-0.15, -0.1) is 0 Å². The van der Waals surface area contributed by atoms with Gasteiger partial charge in [-0.05, 0) is 18.9 Å². The zero-order valence-corrected chi connectivity index (χ0v) is 11.4. The molecule has 1 fully saturated rings. The Balaban J connectivity index is 1.94. The first-order valence-corrected chi connectivity index (χ1v) is 6.50. The molecule has 0 aliphatic carbocycles. The highest BCUT2D eigenvalue weighted by Crippen LogP contribution is 2.18. The van der Waals surface area contributed by atoms with E-state index in [4.69, 9.17) is 0 Å². The molecule has 2 heterocycles. The lowest BCUT2D eigenvalue weighted by Gasteiger charge is -2.30. The van der Waals surface area contributed by atoms with Crippen LogP contribution >= 0.6 is 0 Å². The number of amides is 1. The van der Waals surface area contributed by atoms with Crippen LogP contribution in [0.2, 0.25) is 0 Å². The van der Waals surface area contributed by atoms with Crippen molar-refractivity contribution < 1.29 is 4.79 Å². The summed E-state index contributed by atoms with van der Waals surface area (Å²) < 4.78 is 1.95. The van der Waals surface area contributed by atoms with Crippen LogP contribution in [0.25, 0.3) is 0 Å². The Morgan fingerprint density at radius 1 is 1.61 bits per heavy atom. The zero-order chi connectivity index (χ0) is 13.1. The van der Waals surface area contributed by atoms with Crippen LogP contribution in [0.15, 0.2) is 12.4 Å². The van der Waals surface area contributed by atoms with Crippen LogP contribution in [0.3, 0.4) is 0 Å². The summed E-state index contributed by atoms with van der Waals surface area (Å²) in [7, 11) is 3.81. The zero-order valence-electron chi connectivity index (χ0n) is 11.4. The van der Waals surface area contributed by atoms with E-state index in [1.54, 1.807) is 11.1 Å². The van der Waals surface area contributed by atoms with Gasteiger partial charge in [0, 0.05) is 33.0 Å². The summed E-state index contributed by atoms with van der Waals surface area (Å²) >= 11 is 0. The molecule has 5 nitrogen and oxygen atoms in total. The summed E-state index contributed by atoms with van der Waals surface area (Å²) in [5.74, 6) is 1.83. The predicted octanol–water partition coefficient (Wildman–Crippen LogP) is 0.624. The highest BCUT2D eigenvalue weighted by atomic mass is 16.2. The van der Waals surface area contributed by atoms with Gasteiger partial charge in [0.2, 0.25) is 5.91 Å². The summed E-state index contributed by atoms with van der Waals surface area (Å²) in [4.78, 5) is 18.4. The van der Waals surface area contributed by atoms with Gasteiger partial charge in [0.1, 0.15) is 5.82 Å². The number of aryl methyl sites for hydroxylation is 1. The van der Waals surface area contributed by atoms with Crippen molar-refractivity contribution in [1.82, 2.24) is 19.8 Å². The minimum absolute atomic E-state index is 0.110. The minimum Gasteiger partial charge on any atom is -0.338 e. The van der Waals surface area contributed by atoms with Gasteiger partial charge in [-0.25, -0.2) is 4.98 Å². The van der Waals surface area contributed by atoms with Crippen LogP contribution in [0.5, 0.6) is 0 Å². The van der Waals surface area contributed by atoms with Crippen LogP contribution in [-0.2, 0) is 18.4 Å². The summed E-state index contributed by atoms with van der Waals surface area (Å²) in [5.41, 5.74) is 0. The number of rotatable bonds is 3. The third-order valence-electron chi connectivity index (χ3n) is 3.60. The fourth-order valence-electron chi connectivity index (χ4n) is 2.50. The third kappa shape index (κ3) is 2.90. The number of carbonyl (C=O) groups is 1. The van der Waals surface area contributed by atoms with Crippen molar-refractivity contribution in [3.8, 4) is 0 Å².